The van der Waals surface area contributed by atoms with E-state index in [4.69, 9.17) is 5.11 Å². The summed E-state index contributed by atoms with van der Waals surface area (Å²) < 4.78 is 0. The highest BCUT2D eigenvalue weighted by molar-refractivity contribution is 5.94. The Morgan fingerprint density at radius 3 is 3.05 bits per heavy atom. The molecule has 1 unspecified atom stereocenters. The smallest absolute Gasteiger partial charge is 0.255 e. The van der Waals surface area contributed by atoms with Crippen LogP contribution < -0.4 is 0 Å². The average molecular weight is 287 g/mol. The monoisotopic (exact) mass is 287 g/mol. The summed E-state index contributed by atoms with van der Waals surface area (Å²) in [7, 11) is 3.92. The number of carbonyl (C=O) groups is 1. The molecular formula is C16H21N3O2. The van der Waals surface area contributed by atoms with Crippen LogP contribution >= 0.6 is 0 Å². The van der Waals surface area contributed by atoms with E-state index in [1.165, 1.54) is 6.42 Å². The van der Waals surface area contributed by atoms with Gasteiger partial charge in [0.2, 0.25) is 0 Å². The molecule has 0 radical (unpaired) electrons. The number of carbonyl (C=O) groups excluding carboxylic acids is 1. The Morgan fingerprint density at radius 1 is 1.57 bits per heavy atom. The van der Waals surface area contributed by atoms with Crippen LogP contribution in [0, 0.1) is 11.8 Å². The zero-order chi connectivity index (χ0) is 15.2. The number of rotatable bonds is 3. The number of likely N-dealkylation sites (tertiary alicyclic amines) is 1. The van der Waals surface area contributed by atoms with E-state index in [0.29, 0.717) is 17.2 Å². The minimum absolute atomic E-state index is 0.0459. The number of aliphatic hydroxyl groups excluding tert-OH is 1. The molecule has 0 bridgehead atoms. The summed E-state index contributed by atoms with van der Waals surface area (Å²) in [5, 5.41) is 8.70. The molecule has 0 spiro atoms. The second kappa shape index (κ2) is 7.21. The second-order valence-electron chi connectivity index (χ2n) is 5.38. The maximum absolute atomic E-state index is 12.4. The first-order valence-electron chi connectivity index (χ1n) is 7.12. The van der Waals surface area contributed by atoms with E-state index in [0.717, 1.165) is 19.5 Å². The molecule has 5 heteroatoms. The van der Waals surface area contributed by atoms with Gasteiger partial charge in [-0.05, 0) is 32.5 Å². The fraction of sp³-hybridized carbons (Fsp3) is 0.500. The van der Waals surface area contributed by atoms with Gasteiger partial charge in [0.25, 0.3) is 5.91 Å². The third-order valence-electron chi connectivity index (χ3n) is 3.80. The molecule has 21 heavy (non-hydrogen) atoms. The highest BCUT2D eigenvalue weighted by Crippen LogP contribution is 2.16. The summed E-state index contributed by atoms with van der Waals surface area (Å²) in [6, 6.07) is 2.15. The number of likely N-dealkylation sites (N-methyl/N-ethyl adjacent to an activating group) is 2. The molecule has 2 rings (SSSR count). The van der Waals surface area contributed by atoms with Gasteiger partial charge in [-0.2, -0.15) is 0 Å². The number of hydrogen-bond acceptors (Lipinski definition) is 4. The molecule has 1 aromatic heterocycles. The van der Waals surface area contributed by atoms with Crippen LogP contribution in [0.5, 0.6) is 0 Å². The number of nitrogens with zero attached hydrogens (tertiary/aromatic N) is 3. The molecule has 0 aromatic carbocycles. The Kier molecular flexibility index (Phi) is 5.32. The minimum Gasteiger partial charge on any atom is -0.384 e. The molecule has 1 amide bonds. The van der Waals surface area contributed by atoms with Crippen molar-refractivity contribution < 1.29 is 9.90 Å². The average Bonchev–Trinajstić information content (AvgIpc) is 2.90. The van der Waals surface area contributed by atoms with Crippen LogP contribution in [0.3, 0.4) is 0 Å². The van der Waals surface area contributed by atoms with Crippen LogP contribution in [0.15, 0.2) is 18.5 Å². The molecule has 2 heterocycles. The first-order chi connectivity index (χ1) is 10.1. The van der Waals surface area contributed by atoms with E-state index >= 15 is 0 Å². The van der Waals surface area contributed by atoms with E-state index in [1.807, 2.05) is 7.05 Å². The summed E-state index contributed by atoms with van der Waals surface area (Å²) in [6.07, 6.45) is 5.47. The van der Waals surface area contributed by atoms with E-state index in [2.05, 4.69) is 28.8 Å². The fourth-order valence-corrected chi connectivity index (χ4v) is 2.60. The highest BCUT2D eigenvalue weighted by atomic mass is 16.2. The van der Waals surface area contributed by atoms with Gasteiger partial charge in [-0.3, -0.25) is 9.78 Å². The zero-order valence-corrected chi connectivity index (χ0v) is 12.5. The van der Waals surface area contributed by atoms with Gasteiger partial charge in [-0.1, -0.05) is 11.8 Å². The Morgan fingerprint density at radius 2 is 2.38 bits per heavy atom. The summed E-state index contributed by atoms with van der Waals surface area (Å²) >= 11 is 0. The normalized spacial score (nSPS) is 18.1. The SMILES string of the molecule is CN(CC1CCCN1C)C(=O)c1cncc(C#CCO)c1. The van der Waals surface area contributed by atoms with Gasteiger partial charge < -0.3 is 14.9 Å². The first-order valence-corrected chi connectivity index (χ1v) is 7.12. The van der Waals surface area contributed by atoms with Gasteiger partial charge >= 0.3 is 0 Å². The van der Waals surface area contributed by atoms with Crippen molar-refractivity contribution in [1.82, 2.24) is 14.8 Å². The summed E-state index contributed by atoms with van der Waals surface area (Å²) in [5.41, 5.74) is 1.17. The highest BCUT2D eigenvalue weighted by Gasteiger charge is 2.24. The third-order valence-corrected chi connectivity index (χ3v) is 3.80. The molecule has 1 atom stereocenters. The molecule has 1 aliphatic rings. The summed E-state index contributed by atoms with van der Waals surface area (Å²) in [4.78, 5) is 20.5. The molecule has 1 aromatic rings. The lowest BCUT2D eigenvalue weighted by Gasteiger charge is -2.25. The van der Waals surface area contributed by atoms with Crippen molar-refractivity contribution in [2.75, 3.05) is 33.8 Å². The van der Waals surface area contributed by atoms with Crippen LogP contribution in [0.2, 0.25) is 0 Å². The fourth-order valence-electron chi connectivity index (χ4n) is 2.60. The topological polar surface area (TPSA) is 56.7 Å². The minimum atomic E-state index is -0.202. The van der Waals surface area contributed by atoms with Crippen molar-refractivity contribution >= 4 is 5.91 Å². The lowest BCUT2D eigenvalue weighted by Crippen LogP contribution is -2.39. The van der Waals surface area contributed by atoms with Crippen LogP contribution in [0.25, 0.3) is 0 Å². The van der Waals surface area contributed by atoms with E-state index in [-0.39, 0.29) is 12.5 Å². The van der Waals surface area contributed by atoms with Gasteiger partial charge in [-0.25, -0.2) is 0 Å². The van der Waals surface area contributed by atoms with Crippen molar-refractivity contribution in [2.24, 2.45) is 0 Å². The molecular weight excluding hydrogens is 266 g/mol. The van der Waals surface area contributed by atoms with Crippen molar-refractivity contribution in [3.8, 4) is 11.8 Å². The predicted molar refractivity (Wildman–Crippen MR) is 80.8 cm³/mol. The molecule has 1 fully saturated rings. The number of amides is 1. The molecule has 1 N–H and O–H groups in total. The third kappa shape index (κ3) is 4.03. The standard InChI is InChI=1S/C16H21N3O2/c1-18-7-3-6-15(18)12-19(2)16(21)14-9-13(5-4-8-20)10-17-11-14/h9-11,15,20H,3,6-8,12H2,1-2H3. The zero-order valence-electron chi connectivity index (χ0n) is 12.5. The molecule has 5 nitrogen and oxygen atoms in total. The molecule has 112 valence electrons. The van der Waals surface area contributed by atoms with Crippen LogP contribution in [0.4, 0.5) is 0 Å². The molecule has 0 aliphatic carbocycles. The maximum Gasteiger partial charge on any atom is 0.255 e. The van der Waals surface area contributed by atoms with E-state index < -0.39 is 0 Å². The number of pyridine rings is 1. The van der Waals surface area contributed by atoms with Crippen molar-refractivity contribution in [3.63, 3.8) is 0 Å². The largest absolute Gasteiger partial charge is 0.384 e. The molecule has 1 aliphatic heterocycles. The van der Waals surface area contributed by atoms with Crippen molar-refractivity contribution in [2.45, 2.75) is 18.9 Å². The maximum atomic E-state index is 12.4. The quantitative estimate of drug-likeness (QED) is 0.827. The van der Waals surface area contributed by atoms with Gasteiger partial charge in [-0.15, -0.1) is 0 Å². The molecule has 0 saturated carbocycles. The lowest BCUT2D eigenvalue weighted by atomic mass is 10.1. The van der Waals surface area contributed by atoms with Crippen LogP contribution in [-0.4, -0.2) is 65.6 Å². The first kappa shape index (κ1) is 15.5. The Bertz CT molecular complexity index is 562. The second-order valence-corrected chi connectivity index (χ2v) is 5.38. The Balaban J connectivity index is 2.04. The molecule has 1 saturated heterocycles. The van der Waals surface area contributed by atoms with Crippen LogP contribution in [0.1, 0.15) is 28.8 Å². The van der Waals surface area contributed by atoms with Crippen molar-refractivity contribution in [1.29, 1.82) is 0 Å². The van der Waals surface area contributed by atoms with Crippen molar-refractivity contribution in [3.05, 3.63) is 29.6 Å². The summed E-state index contributed by atoms with van der Waals surface area (Å²) in [5.74, 6) is 5.28. The lowest BCUT2D eigenvalue weighted by molar-refractivity contribution is 0.0761. The van der Waals surface area contributed by atoms with Gasteiger partial charge in [0, 0.05) is 37.6 Å². The van der Waals surface area contributed by atoms with E-state index in [1.54, 1.807) is 23.4 Å². The number of aromatic nitrogens is 1. The van der Waals surface area contributed by atoms with Crippen LogP contribution in [-0.2, 0) is 0 Å². The van der Waals surface area contributed by atoms with Gasteiger partial charge in [0.05, 0.1) is 5.56 Å². The van der Waals surface area contributed by atoms with E-state index in [9.17, 15) is 4.79 Å². The Hall–Kier alpha value is -1.90. The predicted octanol–water partition coefficient (Wildman–Crippen LogP) is 0.592. The Labute approximate surface area is 125 Å². The number of hydrogen-bond donors (Lipinski definition) is 1. The summed E-state index contributed by atoms with van der Waals surface area (Å²) in [6.45, 7) is 1.62. The van der Waals surface area contributed by atoms with Gasteiger partial charge in [0.15, 0.2) is 0 Å². The van der Waals surface area contributed by atoms with Gasteiger partial charge in [0.1, 0.15) is 6.61 Å². The number of aliphatic hydroxyl groups is 1.